The van der Waals surface area contributed by atoms with Crippen LogP contribution in [0.25, 0.3) is 0 Å². The molecule has 0 aliphatic carbocycles. The molecule has 0 saturated carbocycles. The second kappa shape index (κ2) is 9.32. The molecule has 0 unspecified atom stereocenters. The Balaban J connectivity index is 1.77. The molecule has 132 valence electrons. The number of aryl methyl sites for hydroxylation is 1. The lowest BCUT2D eigenvalue weighted by molar-refractivity contribution is -0.122. The molecule has 0 atom stereocenters. The van der Waals surface area contributed by atoms with Crippen LogP contribution in [0.3, 0.4) is 0 Å². The van der Waals surface area contributed by atoms with Gasteiger partial charge in [-0.25, -0.2) is 4.79 Å². The van der Waals surface area contributed by atoms with Gasteiger partial charge < -0.3 is 20.7 Å². The summed E-state index contributed by atoms with van der Waals surface area (Å²) in [5.41, 5.74) is 2.87. The van der Waals surface area contributed by atoms with Crippen molar-refractivity contribution in [2.24, 2.45) is 0 Å². The number of benzene rings is 2. The predicted octanol–water partition coefficient (Wildman–Crippen LogP) is 2.83. The van der Waals surface area contributed by atoms with Gasteiger partial charge >= 0.3 is 6.03 Å². The third-order valence-electron chi connectivity index (χ3n) is 3.43. The number of ether oxygens (including phenoxy) is 1. The first-order chi connectivity index (χ1) is 12.1. The molecular formula is C19H23N3O3. The number of carbonyl (C=O) groups is 2. The second-order valence-corrected chi connectivity index (χ2v) is 5.56. The standard InChI is InChI=1S/C19H23N3O3/c1-3-20-18(23)13-25-17-10-8-16(9-11-17)22-19(24)21-12-15-6-4-14(2)5-7-15/h4-11H,3,12-13H2,1-2H3,(H,20,23)(H2,21,22,24). The molecule has 3 N–H and O–H groups in total. The van der Waals surface area contributed by atoms with Crippen LogP contribution in [0.1, 0.15) is 18.1 Å². The summed E-state index contributed by atoms with van der Waals surface area (Å²) < 4.78 is 5.35. The van der Waals surface area contributed by atoms with Crippen molar-refractivity contribution in [3.05, 3.63) is 59.7 Å². The number of anilines is 1. The number of carbonyl (C=O) groups excluding carboxylic acids is 2. The van der Waals surface area contributed by atoms with Gasteiger partial charge in [-0.2, -0.15) is 0 Å². The molecule has 0 aromatic heterocycles. The third kappa shape index (κ3) is 6.55. The fourth-order valence-corrected chi connectivity index (χ4v) is 2.10. The summed E-state index contributed by atoms with van der Waals surface area (Å²) in [4.78, 5) is 23.3. The van der Waals surface area contributed by atoms with E-state index in [0.29, 0.717) is 24.5 Å². The Morgan fingerprint density at radius 3 is 2.28 bits per heavy atom. The normalized spacial score (nSPS) is 10.0. The van der Waals surface area contributed by atoms with Crippen molar-refractivity contribution in [2.75, 3.05) is 18.5 Å². The highest BCUT2D eigenvalue weighted by molar-refractivity contribution is 5.89. The maximum Gasteiger partial charge on any atom is 0.319 e. The van der Waals surface area contributed by atoms with Gasteiger partial charge in [0, 0.05) is 18.8 Å². The number of nitrogens with one attached hydrogen (secondary N) is 3. The SMILES string of the molecule is CCNC(=O)COc1ccc(NC(=O)NCc2ccc(C)cc2)cc1. The summed E-state index contributed by atoms with van der Waals surface area (Å²) in [7, 11) is 0. The lowest BCUT2D eigenvalue weighted by atomic mass is 10.1. The lowest BCUT2D eigenvalue weighted by Crippen LogP contribution is -2.28. The zero-order valence-corrected chi connectivity index (χ0v) is 14.5. The number of hydrogen-bond acceptors (Lipinski definition) is 3. The summed E-state index contributed by atoms with van der Waals surface area (Å²) in [5.74, 6) is 0.400. The quantitative estimate of drug-likeness (QED) is 0.724. The van der Waals surface area contributed by atoms with E-state index in [1.165, 1.54) is 5.56 Å². The van der Waals surface area contributed by atoms with E-state index in [1.54, 1.807) is 24.3 Å². The molecule has 0 fully saturated rings. The van der Waals surface area contributed by atoms with Gasteiger partial charge in [-0.05, 0) is 43.7 Å². The highest BCUT2D eigenvalue weighted by Crippen LogP contribution is 2.15. The highest BCUT2D eigenvalue weighted by atomic mass is 16.5. The van der Waals surface area contributed by atoms with Crippen molar-refractivity contribution in [2.45, 2.75) is 20.4 Å². The zero-order valence-electron chi connectivity index (χ0n) is 14.5. The molecule has 2 rings (SSSR count). The van der Waals surface area contributed by atoms with Crippen LogP contribution in [0, 0.1) is 6.92 Å². The molecule has 0 heterocycles. The molecular weight excluding hydrogens is 318 g/mol. The van der Waals surface area contributed by atoms with E-state index in [9.17, 15) is 9.59 Å². The van der Waals surface area contributed by atoms with Gasteiger partial charge in [-0.3, -0.25) is 4.79 Å². The van der Waals surface area contributed by atoms with Gasteiger partial charge in [0.25, 0.3) is 5.91 Å². The van der Waals surface area contributed by atoms with Gasteiger partial charge in [-0.15, -0.1) is 0 Å². The van der Waals surface area contributed by atoms with Crippen molar-refractivity contribution in [3.8, 4) is 5.75 Å². The van der Waals surface area contributed by atoms with Gasteiger partial charge in [0.05, 0.1) is 0 Å². The van der Waals surface area contributed by atoms with E-state index in [1.807, 2.05) is 38.1 Å². The topological polar surface area (TPSA) is 79.5 Å². The number of rotatable bonds is 7. The molecule has 0 saturated heterocycles. The van der Waals surface area contributed by atoms with E-state index < -0.39 is 0 Å². The highest BCUT2D eigenvalue weighted by Gasteiger charge is 2.04. The molecule has 2 aromatic rings. The first-order valence-electron chi connectivity index (χ1n) is 8.17. The van der Waals surface area contributed by atoms with Crippen LogP contribution in [-0.4, -0.2) is 25.1 Å². The Labute approximate surface area is 147 Å². The number of likely N-dealkylation sites (N-methyl/N-ethyl adjacent to an activating group) is 1. The van der Waals surface area contributed by atoms with E-state index in [4.69, 9.17) is 4.74 Å². The maximum atomic E-state index is 11.9. The number of urea groups is 1. The van der Waals surface area contributed by atoms with Gasteiger partial charge in [0.15, 0.2) is 6.61 Å². The average Bonchev–Trinajstić information content (AvgIpc) is 2.61. The molecule has 0 aliphatic rings. The first-order valence-corrected chi connectivity index (χ1v) is 8.17. The lowest BCUT2D eigenvalue weighted by Gasteiger charge is -2.09. The van der Waals surface area contributed by atoms with E-state index in [0.717, 1.165) is 5.56 Å². The summed E-state index contributed by atoms with van der Waals surface area (Å²) in [6, 6.07) is 14.5. The molecule has 0 spiro atoms. The van der Waals surface area contributed by atoms with E-state index in [-0.39, 0.29) is 18.5 Å². The molecule has 0 radical (unpaired) electrons. The summed E-state index contributed by atoms with van der Waals surface area (Å²) >= 11 is 0. The van der Waals surface area contributed by atoms with Gasteiger partial charge in [-0.1, -0.05) is 29.8 Å². The molecule has 6 nitrogen and oxygen atoms in total. The van der Waals surface area contributed by atoms with Gasteiger partial charge in [0.2, 0.25) is 0 Å². The number of amides is 3. The Hall–Kier alpha value is -3.02. The monoisotopic (exact) mass is 341 g/mol. The fraction of sp³-hybridized carbons (Fsp3) is 0.263. The minimum absolute atomic E-state index is 0.0301. The molecule has 0 bridgehead atoms. The van der Waals surface area contributed by atoms with Crippen LogP contribution in [0.15, 0.2) is 48.5 Å². The van der Waals surface area contributed by atoms with Gasteiger partial charge in [0.1, 0.15) is 5.75 Å². The maximum absolute atomic E-state index is 11.9. The van der Waals surface area contributed by atoms with Crippen molar-refractivity contribution in [1.82, 2.24) is 10.6 Å². The van der Waals surface area contributed by atoms with Crippen molar-refractivity contribution in [3.63, 3.8) is 0 Å². The first kappa shape index (κ1) is 18.3. The van der Waals surface area contributed by atoms with E-state index >= 15 is 0 Å². The average molecular weight is 341 g/mol. The smallest absolute Gasteiger partial charge is 0.319 e. The molecule has 6 heteroatoms. The molecule has 0 aliphatic heterocycles. The number of hydrogen-bond donors (Lipinski definition) is 3. The summed E-state index contributed by atoms with van der Waals surface area (Å²) in [5, 5.41) is 8.21. The predicted molar refractivity (Wildman–Crippen MR) is 97.7 cm³/mol. The van der Waals surface area contributed by atoms with Crippen LogP contribution in [0.2, 0.25) is 0 Å². The van der Waals surface area contributed by atoms with Crippen LogP contribution in [0.5, 0.6) is 5.75 Å². The van der Waals surface area contributed by atoms with Crippen LogP contribution in [0.4, 0.5) is 10.5 Å². The minimum Gasteiger partial charge on any atom is -0.484 e. The third-order valence-corrected chi connectivity index (χ3v) is 3.43. The Kier molecular flexibility index (Phi) is 6.83. The Morgan fingerprint density at radius 2 is 1.64 bits per heavy atom. The van der Waals surface area contributed by atoms with Crippen LogP contribution in [-0.2, 0) is 11.3 Å². The van der Waals surface area contributed by atoms with Crippen LogP contribution >= 0.6 is 0 Å². The van der Waals surface area contributed by atoms with Crippen molar-refractivity contribution < 1.29 is 14.3 Å². The summed E-state index contributed by atoms with van der Waals surface area (Å²) in [6.07, 6.45) is 0. The zero-order chi connectivity index (χ0) is 18.1. The summed E-state index contributed by atoms with van der Waals surface area (Å²) in [6.45, 7) is 4.87. The van der Waals surface area contributed by atoms with Crippen LogP contribution < -0.4 is 20.7 Å². The molecule has 25 heavy (non-hydrogen) atoms. The van der Waals surface area contributed by atoms with Crippen molar-refractivity contribution in [1.29, 1.82) is 0 Å². The van der Waals surface area contributed by atoms with Crippen molar-refractivity contribution >= 4 is 17.6 Å². The minimum atomic E-state index is -0.281. The fourth-order valence-electron chi connectivity index (χ4n) is 2.10. The largest absolute Gasteiger partial charge is 0.484 e. The van der Waals surface area contributed by atoms with E-state index in [2.05, 4.69) is 16.0 Å². The molecule has 3 amide bonds. The second-order valence-electron chi connectivity index (χ2n) is 5.56. The Bertz CT molecular complexity index is 697. The molecule has 2 aromatic carbocycles. The Morgan fingerprint density at radius 1 is 0.960 bits per heavy atom.